The Morgan fingerprint density at radius 3 is 2.29 bits per heavy atom. The van der Waals surface area contributed by atoms with Crippen molar-refractivity contribution in [2.75, 3.05) is 0 Å². The summed E-state index contributed by atoms with van der Waals surface area (Å²) in [5.74, 6) is 1.76. The van der Waals surface area contributed by atoms with Gasteiger partial charge < -0.3 is 0 Å². The van der Waals surface area contributed by atoms with Gasteiger partial charge in [-0.1, -0.05) is 45.0 Å². The molecular weight excluding hydrogens is 262 g/mol. The molecule has 0 aliphatic heterocycles. The SMILES string of the molecule is CCc1ccc(C(=O)C(C)n2nc(CC)nc2CC)cc1. The van der Waals surface area contributed by atoms with E-state index >= 15 is 0 Å². The fraction of sp³-hybridized carbons (Fsp3) is 0.471. The van der Waals surface area contributed by atoms with Crippen molar-refractivity contribution in [3.8, 4) is 0 Å². The molecular formula is C17H23N3O. The van der Waals surface area contributed by atoms with E-state index < -0.39 is 0 Å². The molecule has 0 saturated heterocycles. The Balaban J connectivity index is 2.27. The van der Waals surface area contributed by atoms with Gasteiger partial charge in [0.05, 0.1) is 0 Å². The second-order valence-corrected chi connectivity index (χ2v) is 5.19. The molecule has 2 aromatic rings. The molecule has 0 aliphatic carbocycles. The van der Waals surface area contributed by atoms with Crippen molar-refractivity contribution < 1.29 is 4.79 Å². The van der Waals surface area contributed by atoms with Gasteiger partial charge in [0.25, 0.3) is 0 Å². The van der Waals surface area contributed by atoms with Gasteiger partial charge in [-0.15, -0.1) is 0 Å². The summed E-state index contributed by atoms with van der Waals surface area (Å²) in [5.41, 5.74) is 1.97. The van der Waals surface area contributed by atoms with Crippen LogP contribution in [0.5, 0.6) is 0 Å². The maximum Gasteiger partial charge on any atom is 0.187 e. The van der Waals surface area contributed by atoms with E-state index in [0.29, 0.717) is 0 Å². The summed E-state index contributed by atoms with van der Waals surface area (Å²) in [6.45, 7) is 8.06. The van der Waals surface area contributed by atoms with Crippen LogP contribution in [0.2, 0.25) is 0 Å². The third-order valence-electron chi connectivity index (χ3n) is 3.77. The third-order valence-corrected chi connectivity index (χ3v) is 3.77. The second kappa shape index (κ2) is 6.66. The molecule has 0 aliphatic rings. The predicted octanol–water partition coefficient (Wildman–Crippen LogP) is 3.41. The molecule has 1 aromatic carbocycles. The molecule has 4 nitrogen and oxygen atoms in total. The van der Waals surface area contributed by atoms with E-state index in [9.17, 15) is 4.79 Å². The molecule has 2 rings (SSSR count). The Bertz CT molecular complexity index is 613. The standard InChI is InChI=1S/C17H23N3O/c1-5-13-8-10-14(11-9-13)17(21)12(4)20-16(7-3)18-15(6-2)19-20/h8-12H,5-7H2,1-4H3. The van der Waals surface area contributed by atoms with Crippen LogP contribution >= 0.6 is 0 Å². The molecule has 1 unspecified atom stereocenters. The van der Waals surface area contributed by atoms with Crippen LogP contribution in [0.25, 0.3) is 0 Å². The van der Waals surface area contributed by atoms with Gasteiger partial charge in [0, 0.05) is 18.4 Å². The van der Waals surface area contributed by atoms with E-state index in [1.54, 1.807) is 4.68 Å². The molecule has 0 radical (unpaired) electrons. The van der Waals surface area contributed by atoms with Crippen LogP contribution in [-0.2, 0) is 19.3 Å². The largest absolute Gasteiger partial charge is 0.292 e. The van der Waals surface area contributed by atoms with Crippen LogP contribution in [0.1, 0.15) is 61.3 Å². The molecule has 0 saturated carbocycles. The van der Waals surface area contributed by atoms with Crippen LogP contribution in [0.15, 0.2) is 24.3 Å². The number of aryl methyl sites for hydroxylation is 3. The highest BCUT2D eigenvalue weighted by molar-refractivity contribution is 5.98. The Morgan fingerprint density at radius 1 is 1.10 bits per heavy atom. The highest BCUT2D eigenvalue weighted by Gasteiger charge is 2.21. The van der Waals surface area contributed by atoms with Gasteiger partial charge in [-0.2, -0.15) is 5.10 Å². The first-order chi connectivity index (χ1) is 10.1. The van der Waals surface area contributed by atoms with E-state index in [-0.39, 0.29) is 11.8 Å². The highest BCUT2D eigenvalue weighted by Crippen LogP contribution is 2.17. The lowest BCUT2D eigenvalue weighted by molar-refractivity contribution is 0.0926. The van der Waals surface area contributed by atoms with E-state index in [2.05, 4.69) is 17.0 Å². The van der Waals surface area contributed by atoms with E-state index in [1.165, 1.54) is 5.56 Å². The average molecular weight is 285 g/mol. The summed E-state index contributed by atoms with van der Waals surface area (Å²) >= 11 is 0. The minimum Gasteiger partial charge on any atom is -0.292 e. The maximum absolute atomic E-state index is 12.6. The summed E-state index contributed by atoms with van der Waals surface area (Å²) in [7, 11) is 0. The summed E-state index contributed by atoms with van der Waals surface area (Å²) in [4.78, 5) is 17.1. The average Bonchev–Trinajstić information content (AvgIpc) is 2.97. The zero-order valence-corrected chi connectivity index (χ0v) is 13.3. The third kappa shape index (κ3) is 3.20. The fourth-order valence-corrected chi connectivity index (χ4v) is 2.36. The Kier molecular flexibility index (Phi) is 4.89. The number of aromatic nitrogens is 3. The Hall–Kier alpha value is -1.97. The molecule has 0 amide bonds. The summed E-state index contributed by atoms with van der Waals surface area (Å²) < 4.78 is 1.77. The molecule has 112 valence electrons. The van der Waals surface area contributed by atoms with Crippen LogP contribution in [-0.4, -0.2) is 20.5 Å². The van der Waals surface area contributed by atoms with Crippen molar-refractivity contribution in [2.24, 2.45) is 0 Å². The predicted molar refractivity (Wildman–Crippen MR) is 83.6 cm³/mol. The normalized spacial score (nSPS) is 12.4. The molecule has 4 heteroatoms. The van der Waals surface area contributed by atoms with Crippen molar-refractivity contribution in [3.05, 3.63) is 47.0 Å². The number of ketones is 1. The number of carbonyl (C=O) groups is 1. The smallest absolute Gasteiger partial charge is 0.187 e. The molecule has 0 spiro atoms. The van der Waals surface area contributed by atoms with Crippen molar-refractivity contribution in [2.45, 2.75) is 53.0 Å². The van der Waals surface area contributed by atoms with Gasteiger partial charge in [-0.05, 0) is 18.9 Å². The van der Waals surface area contributed by atoms with Gasteiger partial charge in [-0.3, -0.25) is 4.79 Å². The first-order valence-corrected chi connectivity index (χ1v) is 7.68. The first-order valence-electron chi connectivity index (χ1n) is 7.68. The zero-order chi connectivity index (χ0) is 15.4. The fourth-order valence-electron chi connectivity index (χ4n) is 2.36. The lowest BCUT2D eigenvalue weighted by Crippen LogP contribution is -2.20. The molecule has 1 atom stereocenters. The Labute approximate surface area is 126 Å². The number of nitrogens with zero attached hydrogens (tertiary/aromatic N) is 3. The van der Waals surface area contributed by atoms with E-state index in [4.69, 9.17) is 0 Å². The van der Waals surface area contributed by atoms with Gasteiger partial charge >= 0.3 is 0 Å². The van der Waals surface area contributed by atoms with Gasteiger partial charge in [0.2, 0.25) is 0 Å². The molecule has 0 N–H and O–H groups in total. The quantitative estimate of drug-likeness (QED) is 0.764. The number of Topliss-reactive ketones (excluding diaryl/α,β-unsaturated/α-hetero) is 1. The summed E-state index contributed by atoms with van der Waals surface area (Å²) in [6, 6.07) is 7.51. The first kappa shape index (κ1) is 15.4. The second-order valence-electron chi connectivity index (χ2n) is 5.19. The van der Waals surface area contributed by atoms with Gasteiger partial charge in [0.1, 0.15) is 11.9 Å². The van der Waals surface area contributed by atoms with Gasteiger partial charge in [0.15, 0.2) is 11.6 Å². The number of hydrogen-bond acceptors (Lipinski definition) is 3. The molecule has 0 bridgehead atoms. The lowest BCUT2D eigenvalue weighted by atomic mass is 10.0. The number of hydrogen-bond donors (Lipinski definition) is 0. The monoisotopic (exact) mass is 285 g/mol. The van der Waals surface area contributed by atoms with Crippen LogP contribution < -0.4 is 0 Å². The van der Waals surface area contributed by atoms with Crippen molar-refractivity contribution >= 4 is 5.78 Å². The van der Waals surface area contributed by atoms with Crippen LogP contribution in [0.4, 0.5) is 0 Å². The topological polar surface area (TPSA) is 47.8 Å². The number of carbonyl (C=O) groups excluding carboxylic acids is 1. The molecule has 1 aromatic heterocycles. The van der Waals surface area contributed by atoms with Crippen LogP contribution in [0.3, 0.4) is 0 Å². The lowest BCUT2D eigenvalue weighted by Gasteiger charge is -2.13. The number of rotatable bonds is 6. The molecule has 1 heterocycles. The molecule has 0 fully saturated rings. The molecule has 21 heavy (non-hydrogen) atoms. The van der Waals surface area contributed by atoms with E-state index in [1.807, 2.05) is 45.0 Å². The van der Waals surface area contributed by atoms with Crippen molar-refractivity contribution in [1.82, 2.24) is 14.8 Å². The minimum atomic E-state index is -0.319. The number of benzene rings is 1. The van der Waals surface area contributed by atoms with Crippen LogP contribution in [0, 0.1) is 0 Å². The zero-order valence-electron chi connectivity index (χ0n) is 13.3. The van der Waals surface area contributed by atoms with E-state index in [0.717, 1.165) is 36.5 Å². The maximum atomic E-state index is 12.6. The Morgan fingerprint density at radius 2 is 1.76 bits per heavy atom. The van der Waals surface area contributed by atoms with Crippen molar-refractivity contribution in [1.29, 1.82) is 0 Å². The highest BCUT2D eigenvalue weighted by atomic mass is 16.1. The van der Waals surface area contributed by atoms with Crippen molar-refractivity contribution in [3.63, 3.8) is 0 Å². The summed E-state index contributed by atoms with van der Waals surface area (Å²) in [6.07, 6.45) is 2.54. The van der Waals surface area contributed by atoms with Gasteiger partial charge in [-0.25, -0.2) is 9.67 Å². The minimum absolute atomic E-state index is 0.0832. The summed E-state index contributed by atoms with van der Waals surface area (Å²) in [5, 5.41) is 4.46.